The molecule has 160 valence electrons. The molecule has 0 aromatic heterocycles. The van der Waals surface area contributed by atoms with Gasteiger partial charge in [0, 0.05) is 11.1 Å². The Morgan fingerprint density at radius 1 is 0.875 bits per heavy atom. The second-order valence-electron chi connectivity index (χ2n) is 7.60. The van der Waals surface area contributed by atoms with E-state index in [4.69, 9.17) is 0 Å². The molecule has 3 aromatic carbocycles. The average Bonchev–Trinajstić information content (AvgIpc) is 3.04. The Morgan fingerprint density at radius 2 is 1.47 bits per heavy atom. The monoisotopic (exact) mass is 427 g/mol. The summed E-state index contributed by atoms with van der Waals surface area (Å²) in [4.78, 5) is 51.9. The van der Waals surface area contributed by atoms with Crippen molar-refractivity contribution in [3.63, 3.8) is 0 Å². The fourth-order valence-corrected chi connectivity index (χ4v) is 3.68. The first-order chi connectivity index (χ1) is 15.4. The van der Waals surface area contributed by atoms with Gasteiger partial charge in [0.15, 0.2) is 5.78 Å². The number of urea groups is 1. The summed E-state index contributed by atoms with van der Waals surface area (Å²) in [6, 6.07) is 23.5. The Labute approximate surface area is 185 Å². The summed E-state index contributed by atoms with van der Waals surface area (Å²) in [6.45, 7) is 1.13. The molecule has 3 aromatic rings. The van der Waals surface area contributed by atoms with Crippen molar-refractivity contribution < 1.29 is 19.2 Å². The van der Waals surface area contributed by atoms with Crippen LogP contribution in [0.15, 0.2) is 84.9 Å². The number of ketones is 1. The van der Waals surface area contributed by atoms with Crippen LogP contribution in [0.1, 0.15) is 28.4 Å². The third-order valence-electron chi connectivity index (χ3n) is 5.41. The average molecular weight is 427 g/mol. The van der Waals surface area contributed by atoms with Crippen LogP contribution in [0.3, 0.4) is 0 Å². The number of amides is 4. The second kappa shape index (κ2) is 8.47. The molecule has 4 rings (SSSR count). The van der Waals surface area contributed by atoms with Crippen LogP contribution in [0, 0.1) is 0 Å². The van der Waals surface area contributed by atoms with Gasteiger partial charge >= 0.3 is 6.03 Å². The quantitative estimate of drug-likeness (QED) is 0.466. The normalized spacial score (nSPS) is 17.7. The van der Waals surface area contributed by atoms with Crippen molar-refractivity contribution in [1.82, 2.24) is 10.2 Å². The largest absolute Gasteiger partial charge is 0.325 e. The Hall–Kier alpha value is -4.26. The Kier molecular flexibility index (Phi) is 5.55. The van der Waals surface area contributed by atoms with E-state index in [2.05, 4.69) is 10.6 Å². The van der Waals surface area contributed by atoms with Crippen molar-refractivity contribution in [2.45, 2.75) is 12.5 Å². The van der Waals surface area contributed by atoms with Gasteiger partial charge in [0.1, 0.15) is 12.1 Å². The summed E-state index contributed by atoms with van der Waals surface area (Å²) in [5, 5.41) is 5.33. The van der Waals surface area contributed by atoms with Crippen molar-refractivity contribution in [3.05, 3.63) is 102 Å². The molecule has 0 radical (unpaired) electrons. The van der Waals surface area contributed by atoms with Gasteiger partial charge in [-0.25, -0.2) is 4.79 Å². The zero-order valence-corrected chi connectivity index (χ0v) is 17.4. The molecule has 32 heavy (non-hydrogen) atoms. The summed E-state index contributed by atoms with van der Waals surface area (Å²) in [5.41, 5.74) is 0.490. The van der Waals surface area contributed by atoms with Crippen LogP contribution in [-0.2, 0) is 15.1 Å². The lowest BCUT2D eigenvalue weighted by molar-refractivity contribution is -0.133. The summed E-state index contributed by atoms with van der Waals surface area (Å²) >= 11 is 0. The third-order valence-corrected chi connectivity index (χ3v) is 5.41. The first-order valence-corrected chi connectivity index (χ1v) is 10.1. The molecule has 1 atom stereocenters. The number of benzene rings is 3. The van der Waals surface area contributed by atoms with Gasteiger partial charge in [-0.15, -0.1) is 0 Å². The predicted octanol–water partition coefficient (Wildman–Crippen LogP) is 3.32. The van der Waals surface area contributed by atoms with E-state index in [0.717, 1.165) is 4.90 Å². The molecular weight excluding hydrogens is 406 g/mol. The lowest BCUT2D eigenvalue weighted by Crippen LogP contribution is -2.42. The lowest BCUT2D eigenvalue weighted by atomic mass is 9.92. The SMILES string of the molecule is CC1(c2ccccc2)NC(=O)N(CC(=O)Nc2ccccc2C(=O)c2ccccc2)C1=O. The van der Waals surface area contributed by atoms with E-state index in [1.165, 1.54) is 0 Å². The highest BCUT2D eigenvalue weighted by molar-refractivity contribution is 6.15. The van der Waals surface area contributed by atoms with Gasteiger partial charge < -0.3 is 10.6 Å². The van der Waals surface area contributed by atoms with Gasteiger partial charge in [-0.3, -0.25) is 19.3 Å². The highest BCUT2D eigenvalue weighted by Crippen LogP contribution is 2.28. The van der Waals surface area contributed by atoms with E-state index in [0.29, 0.717) is 22.4 Å². The first kappa shape index (κ1) is 21.0. The Bertz CT molecular complexity index is 1190. The molecule has 0 spiro atoms. The van der Waals surface area contributed by atoms with Gasteiger partial charge in [0.25, 0.3) is 5.91 Å². The van der Waals surface area contributed by atoms with Gasteiger partial charge in [-0.1, -0.05) is 72.8 Å². The van der Waals surface area contributed by atoms with Gasteiger partial charge in [0.2, 0.25) is 5.91 Å². The number of imide groups is 1. The van der Waals surface area contributed by atoms with Crippen LogP contribution < -0.4 is 10.6 Å². The Balaban J connectivity index is 1.51. The van der Waals surface area contributed by atoms with Crippen LogP contribution in [0.2, 0.25) is 0 Å². The topological polar surface area (TPSA) is 95.6 Å². The van der Waals surface area contributed by atoms with Crippen molar-refractivity contribution in [2.75, 3.05) is 11.9 Å². The highest BCUT2D eigenvalue weighted by Gasteiger charge is 2.49. The summed E-state index contributed by atoms with van der Waals surface area (Å²) in [5.74, 6) is -1.34. The van der Waals surface area contributed by atoms with Crippen LogP contribution in [0.25, 0.3) is 0 Å². The van der Waals surface area contributed by atoms with Gasteiger partial charge in [-0.2, -0.15) is 0 Å². The highest BCUT2D eigenvalue weighted by atomic mass is 16.2. The second-order valence-corrected chi connectivity index (χ2v) is 7.60. The third kappa shape index (κ3) is 3.88. The molecular formula is C25H21N3O4. The molecule has 0 aliphatic carbocycles. The van der Waals surface area contributed by atoms with E-state index < -0.39 is 29.9 Å². The maximum atomic E-state index is 13.0. The fraction of sp³-hybridized carbons (Fsp3) is 0.120. The summed E-state index contributed by atoms with van der Waals surface area (Å²) in [6.07, 6.45) is 0. The summed E-state index contributed by atoms with van der Waals surface area (Å²) < 4.78 is 0. The first-order valence-electron chi connectivity index (χ1n) is 10.1. The van der Waals surface area contributed by atoms with Gasteiger partial charge in [0.05, 0.1) is 5.69 Å². The molecule has 1 fully saturated rings. The van der Waals surface area contributed by atoms with E-state index in [1.807, 2.05) is 12.1 Å². The number of para-hydroxylation sites is 1. The molecule has 0 bridgehead atoms. The molecule has 1 saturated heterocycles. The molecule has 1 aliphatic heterocycles. The number of nitrogens with one attached hydrogen (secondary N) is 2. The minimum atomic E-state index is -1.25. The molecule has 7 heteroatoms. The number of anilines is 1. The zero-order chi connectivity index (χ0) is 22.7. The predicted molar refractivity (Wildman–Crippen MR) is 119 cm³/mol. The molecule has 1 unspecified atom stereocenters. The van der Waals surface area contributed by atoms with Crippen molar-refractivity contribution in [3.8, 4) is 0 Å². The smallest absolute Gasteiger partial charge is 0.324 e. The van der Waals surface area contributed by atoms with Crippen LogP contribution >= 0.6 is 0 Å². The number of nitrogens with zero attached hydrogens (tertiary/aromatic N) is 1. The molecule has 2 N–H and O–H groups in total. The van der Waals surface area contributed by atoms with E-state index in [1.54, 1.807) is 79.7 Å². The Morgan fingerprint density at radius 3 is 2.16 bits per heavy atom. The molecule has 7 nitrogen and oxygen atoms in total. The number of carbonyl (C=O) groups is 4. The summed E-state index contributed by atoms with van der Waals surface area (Å²) in [7, 11) is 0. The molecule has 4 amide bonds. The van der Waals surface area contributed by atoms with Crippen LogP contribution in [0.4, 0.5) is 10.5 Å². The molecule has 1 aliphatic rings. The zero-order valence-electron chi connectivity index (χ0n) is 17.4. The minimum absolute atomic E-state index is 0.242. The number of carbonyl (C=O) groups excluding carboxylic acids is 4. The van der Waals surface area contributed by atoms with Crippen molar-refractivity contribution in [1.29, 1.82) is 0 Å². The van der Waals surface area contributed by atoms with Crippen molar-refractivity contribution in [2.24, 2.45) is 0 Å². The van der Waals surface area contributed by atoms with E-state index >= 15 is 0 Å². The number of hydrogen-bond acceptors (Lipinski definition) is 4. The minimum Gasteiger partial charge on any atom is -0.324 e. The maximum Gasteiger partial charge on any atom is 0.325 e. The number of rotatable bonds is 6. The van der Waals surface area contributed by atoms with E-state index in [-0.39, 0.29) is 5.78 Å². The van der Waals surface area contributed by atoms with Crippen LogP contribution in [-0.4, -0.2) is 35.1 Å². The van der Waals surface area contributed by atoms with E-state index in [9.17, 15) is 19.2 Å². The van der Waals surface area contributed by atoms with Crippen molar-refractivity contribution >= 4 is 29.3 Å². The fourth-order valence-electron chi connectivity index (χ4n) is 3.68. The molecule has 1 heterocycles. The van der Waals surface area contributed by atoms with Gasteiger partial charge in [-0.05, 0) is 24.6 Å². The maximum absolute atomic E-state index is 13.0. The molecule has 0 saturated carbocycles. The van der Waals surface area contributed by atoms with Crippen LogP contribution in [0.5, 0.6) is 0 Å². The number of hydrogen-bond donors (Lipinski definition) is 2. The lowest BCUT2D eigenvalue weighted by Gasteiger charge is -2.22. The standard InChI is InChI=1S/C25H21N3O4/c1-25(18-12-6-3-7-13-18)23(31)28(24(32)27-25)16-21(29)26-20-15-9-8-14-19(20)22(30)17-10-4-2-5-11-17/h2-15H,16H2,1H3,(H,26,29)(H,27,32).